The van der Waals surface area contributed by atoms with E-state index in [0.717, 1.165) is 4.90 Å². The second-order valence-corrected chi connectivity index (χ2v) is 11.6. The number of hydrogen-bond acceptors (Lipinski definition) is 6. The van der Waals surface area contributed by atoms with E-state index in [9.17, 15) is 36.8 Å². The molecule has 1 aromatic heterocycles. The lowest BCUT2D eigenvalue weighted by molar-refractivity contribution is -0.150. The van der Waals surface area contributed by atoms with Crippen LogP contribution in [0.1, 0.15) is 73.2 Å². The molecule has 3 aromatic rings. The number of benzene rings is 2. The first kappa shape index (κ1) is 32.2. The molecule has 4 unspecified atom stereocenters. The summed E-state index contributed by atoms with van der Waals surface area (Å²) in [7, 11) is 1.37. The number of nitrogens with one attached hydrogen (secondary N) is 2. The number of nitriles is 1. The minimum absolute atomic E-state index is 0.0892. The fourth-order valence-electron chi connectivity index (χ4n) is 5.92. The number of alkyl halides is 5. The van der Waals surface area contributed by atoms with Gasteiger partial charge in [0.1, 0.15) is 17.6 Å². The number of carbonyl (C=O) groups excluding carboxylic acids is 2. The van der Waals surface area contributed by atoms with Crippen molar-refractivity contribution in [1.29, 1.82) is 5.26 Å². The molecule has 5 rings (SSSR count). The van der Waals surface area contributed by atoms with Gasteiger partial charge in [0.25, 0.3) is 0 Å². The predicted octanol–water partition coefficient (Wildman–Crippen LogP) is 6.13. The lowest BCUT2D eigenvalue weighted by atomic mass is 9.81. The van der Waals surface area contributed by atoms with Crippen LogP contribution in [0, 0.1) is 17.2 Å². The summed E-state index contributed by atoms with van der Waals surface area (Å²) in [6.45, 7) is 0.979. The molecule has 14 heteroatoms. The highest BCUT2D eigenvalue weighted by atomic mass is 19.4. The van der Waals surface area contributed by atoms with Crippen molar-refractivity contribution >= 4 is 23.0 Å². The lowest BCUT2D eigenvalue weighted by Gasteiger charge is -2.33. The summed E-state index contributed by atoms with van der Waals surface area (Å²) in [6.07, 6.45) is -5.11. The van der Waals surface area contributed by atoms with Crippen molar-refractivity contribution < 1.29 is 40.7 Å². The fourth-order valence-corrected chi connectivity index (χ4v) is 5.92. The van der Waals surface area contributed by atoms with Crippen molar-refractivity contribution in [2.45, 2.75) is 68.7 Å². The van der Waals surface area contributed by atoms with E-state index in [2.05, 4.69) is 10.3 Å². The van der Waals surface area contributed by atoms with Crippen LogP contribution < -0.4 is 10.6 Å². The highest BCUT2D eigenvalue weighted by Gasteiger charge is 2.48. The number of aromatic nitrogens is 1. The molecule has 0 radical (unpaired) electrons. The van der Waals surface area contributed by atoms with Gasteiger partial charge in [-0.15, -0.1) is 0 Å². The first-order valence-corrected chi connectivity index (χ1v) is 14.5. The maximum absolute atomic E-state index is 14.1. The van der Waals surface area contributed by atoms with Gasteiger partial charge < -0.3 is 24.7 Å². The van der Waals surface area contributed by atoms with Crippen molar-refractivity contribution in [2.24, 2.45) is 5.92 Å². The van der Waals surface area contributed by atoms with Gasteiger partial charge in [-0.25, -0.2) is 18.6 Å². The molecule has 2 aromatic carbocycles. The van der Waals surface area contributed by atoms with Crippen molar-refractivity contribution in [3.63, 3.8) is 0 Å². The highest BCUT2D eigenvalue weighted by Crippen LogP contribution is 2.42. The number of nitrogens with zero attached hydrogens (tertiary/aromatic N) is 3. The second-order valence-electron chi connectivity index (χ2n) is 11.6. The molecule has 240 valence electrons. The quantitative estimate of drug-likeness (QED) is 0.274. The number of rotatable bonds is 9. The van der Waals surface area contributed by atoms with Crippen LogP contribution in [0.2, 0.25) is 0 Å². The van der Waals surface area contributed by atoms with Crippen LogP contribution in [-0.4, -0.2) is 60.2 Å². The standard InChI is InChI=1S/C31H32F5N5O4/c1-17(20-5-3-4-18(12-20)14-37)27(42)40-26(19-8-10-30(32,33)11-9-19)28-38-22-13-21(6-7-24(22)45-28)23(16-44-2)41-15-25(31(34,35)36)39-29(41)43/h3-7,12-13,17,19,23,25-26H,8-11,15-16H2,1-2H3,(H,39,43)(H,40,42). The first-order valence-electron chi connectivity index (χ1n) is 14.5. The minimum Gasteiger partial charge on any atom is -0.438 e. The number of fused-ring (bicyclic) bond motifs is 1. The Morgan fingerprint density at radius 2 is 1.96 bits per heavy atom. The van der Waals surface area contributed by atoms with E-state index in [1.54, 1.807) is 49.4 Å². The van der Waals surface area contributed by atoms with Gasteiger partial charge in [0.2, 0.25) is 17.7 Å². The molecule has 1 saturated heterocycles. The predicted molar refractivity (Wildman–Crippen MR) is 151 cm³/mol. The summed E-state index contributed by atoms with van der Waals surface area (Å²) in [4.78, 5) is 31.6. The van der Waals surface area contributed by atoms with Gasteiger partial charge in [-0.05, 0) is 61.1 Å². The lowest BCUT2D eigenvalue weighted by Crippen LogP contribution is -2.40. The Morgan fingerprint density at radius 1 is 1.22 bits per heavy atom. The van der Waals surface area contributed by atoms with Gasteiger partial charge in [0.05, 0.1) is 36.7 Å². The van der Waals surface area contributed by atoms with Crippen LogP contribution >= 0.6 is 0 Å². The zero-order valence-corrected chi connectivity index (χ0v) is 24.5. The molecule has 45 heavy (non-hydrogen) atoms. The maximum Gasteiger partial charge on any atom is 0.410 e. The zero-order valence-electron chi connectivity index (χ0n) is 24.5. The first-order chi connectivity index (χ1) is 21.3. The molecular formula is C31H32F5N5O4. The van der Waals surface area contributed by atoms with Crippen molar-refractivity contribution in [1.82, 2.24) is 20.5 Å². The molecule has 0 spiro atoms. The minimum atomic E-state index is -4.62. The topological polar surface area (TPSA) is 120 Å². The molecule has 9 nitrogen and oxygen atoms in total. The number of halogens is 5. The molecule has 2 N–H and O–H groups in total. The molecule has 3 amide bonds. The summed E-state index contributed by atoms with van der Waals surface area (Å²) in [5.41, 5.74) is 2.06. The number of hydrogen-bond donors (Lipinski definition) is 2. The Morgan fingerprint density at radius 3 is 2.60 bits per heavy atom. The highest BCUT2D eigenvalue weighted by molar-refractivity contribution is 5.84. The number of urea groups is 1. The normalized spacial score (nSPS) is 20.8. The Hall–Kier alpha value is -4.25. The van der Waals surface area contributed by atoms with E-state index in [4.69, 9.17) is 9.15 Å². The average molecular weight is 634 g/mol. The van der Waals surface area contributed by atoms with Crippen molar-refractivity contribution in [2.75, 3.05) is 20.3 Å². The number of oxazole rings is 1. The fraction of sp³-hybridized carbons (Fsp3) is 0.484. The summed E-state index contributed by atoms with van der Waals surface area (Å²) in [5, 5.41) is 14.2. The Balaban J connectivity index is 1.44. The summed E-state index contributed by atoms with van der Waals surface area (Å²) in [6, 6.07) is 8.75. The molecule has 4 atom stereocenters. The number of carbonyl (C=O) groups is 2. The molecule has 1 saturated carbocycles. The van der Waals surface area contributed by atoms with Crippen LogP contribution in [0.5, 0.6) is 0 Å². The zero-order chi connectivity index (χ0) is 32.5. The summed E-state index contributed by atoms with van der Waals surface area (Å²) < 4.78 is 79.4. The SMILES string of the molecule is COCC(c1ccc2oc(C(NC(=O)C(C)c3cccc(C#N)c3)C3CCC(F)(F)CC3)nc2c1)N1CC(C(F)(F)F)NC1=O. The second kappa shape index (κ2) is 12.6. The van der Waals surface area contributed by atoms with E-state index in [1.165, 1.54) is 7.11 Å². The molecule has 1 aliphatic heterocycles. The Kier molecular flexibility index (Phi) is 9.02. The number of ether oxygens (including phenoxy) is 1. The summed E-state index contributed by atoms with van der Waals surface area (Å²) in [5.74, 6) is -4.20. The third-order valence-corrected chi connectivity index (χ3v) is 8.55. The van der Waals surface area contributed by atoms with Crippen molar-refractivity contribution in [3.05, 3.63) is 65.0 Å². The van der Waals surface area contributed by atoms with Gasteiger partial charge >= 0.3 is 12.2 Å². The Bertz CT molecular complexity index is 1590. The van der Waals surface area contributed by atoms with E-state index < -0.39 is 60.5 Å². The van der Waals surface area contributed by atoms with Crippen LogP contribution in [0.3, 0.4) is 0 Å². The van der Waals surface area contributed by atoms with E-state index in [-0.39, 0.29) is 38.2 Å². The third-order valence-electron chi connectivity index (χ3n) is 8.55. The molecular weight excluding hydrogens is 601 g/mol. The van der Waals surface area contributed by atoms with Crippen LogP contribution in [-0.2, 0) is 9.53 Å². The van der Waals surface area contributed by atoms with Gasteiger partial charge in [-0.1, -0.05) is 18.2 Å². The largest absolute Gasteiger partial charge is 0.438 e. The Labute approximate surface area is 255 Å². The van der Waals surface area contributed by atoms with Gasteiger partial charge in [0.15, 0.2) is 5.58 Å². The third kappa shape index (κ3) is 7.03. The molecule has 1 aliphatic carbocycles. The molecule has 2 aliphatic rings. The molecule has 2 fully saturated rings. The van der Waals surface area contributed by atoms with Crippen LogP contribution in [0.4, 0.5) is 26.7 Å². The van der Waals surface area contributed by atoms with Gasteiger partial charge in [-0.3, -0.25) is 4.79 Å². The van der Waals surface area contributed by atoms with Gasteiger partial charge in [-0.2, -0.15) is 18.4 Å². The average Bonchev–Trinajstić information content (AvgIpc) is 3.61. The monoisotopic (exact) mass is 633 g/mol. The number of amides is 3. The molecule has 2 heterocycles. The van der Waals surface area contributed by atoms with Gasteiger partial charge in [0, 0.05) is 20.0 Å². The van der Waals surface area contributed by atoms with Crippen molar-refractivity contribution in [3.8, 4) is 6.07 Å². The van der Waals surface area contributed by atoms with Crippen LogP contribution in [0.15, 0.2) is 46.9 Å². The van der Waals surface area contributed by atoms with Crippen LogP contribution in [0.25, 0.3) is 11.1 Å². The van der Waals surface area contributed by atoms with E-state index >= 15 is 0 Å². The van der Waals surface area contributed by atoms with E-state index in [1.807, 2.05) is 11.4 Å². The van der Waals surface area contributed by atoms with E-state index in [0.29, 0.717) is 27.8 Å². The maximum atomic E-state index is 14.1. The smallest absolute Gasteiger partial charge is 0.410 e. The summed E-state index contributed by atoms with van der Waals surface area (Å²) >= 11 is 0. The number of methoxy groups -OCH3 is 1. The molecule has 0 bridgehead atoms.